The molecule has 0 saturated carbocycles. The van der Waals surface area contributed by atoms with Crippen LogP contribution in [0.3, 0.4) is 0 Å². The number of nitro benzene ring substituents is 1. The van der Waals surface area contributed by atoms with Gasteiger partial charge in [-0.25, -0.2) is 4.39 Å². The smallest absolute Gasteiger partial charge is 0.312 e. The minimum absolute atomic E-state index is 0.185. The Morgan fingerprint density at radius 1 is 1.21 bits per heavy atom. The largest absolute Gasteiger partial charge is 0.471 e. The van der Waals surface area contributed by atoms with Crippen molar-refractivity contribution in [2.75, 3.05) is 5.32 Å². The molecule has 3 rings (SSSR count). The molecule has 0 heterocycles. The van der Waals surface area contributed by atoms with Crippen LogP contribution in [-0.2, 0) is 11.2 Å². The van der Waals surface area contributed by atoms with Crippen LogP contribution in [0.1, 0.15) is 11.1 Å². The van der Waals surface area contributed by atoms with E-state index < -0.39 is 34.2 Å². The molecule has 1 N–H and O–H groups in total. The molecular formula is C15H8F4N2O3. The molecule has 1 amide bonds. The average molecular weight is 340 g/mol. The lowest BCUT2D eigenvalue weighted by atomic mass is 10.0. The Balaban J connectivity index is 2.12. The number of nitro groups is 1. The molecule has 2 aromatic rings. The lowest BCUT2D eigenvalue weighted by Crippen LogP contribution is -2.30. The first-order valence-corrected chi connectivity index (χ1v) is 6.65. The summed E-state index contributed by atoms with van der Waals surface area (Å²) in [5, 5.41) is 12.6. The molecule has 1 aliphatic rings. The standard InChI is InChI=1S/C15H8F4N2O3/c16-10-3-1-2-7-4-8-5-11(20-14(22)15(17,18)19)12(21(23)24)6-9(8)13(7)10/h1-3,5-6H,4H2,(H,20,22). The van der Waals surface area contributed by atoms with Crippen molar-refractivity contribution in [2.24, 2.45) is 0 Å². The highest BCUT2D eigenvalue weighted by molar-refractivity contribution is 5.98. The average Bonchev–Trinajstić information content (AvgIpc) is 2.83. The minimum atomic E-state index is -5.18. The number of nitrogens with zero attached hydrogens (tertiary/aromatic N) is 1. The first kappa shape index (κ1) is 15.9. The van der Waals surface area contributed by atoms with Crippen LogP contribution in [-0.4, -0.2) is 17.0 Å². The van der Waals surface area contributed by atoms with Crippen molar-refractivity contribution in [1.29, 1.82) is 0 Å². The van der Waals surface area contributed by atoms with E-state index in [0.717, 1.165) is 12.1 Å². The van der Waals surface area contributed by atoms with E-state index in [2.05, 4.69) is 0 Å². The third kappa shape index (κ3) is 2.57. The van der Waals surface area contributed by atoms with Gasteiger partial charge in [0, 0.05) is 11.6 Å². The van der Waals surface area contributed by atoms with E-state index in [1.54, 1.807) is 6.07 Å². The summed E-state index contributed by atoms with van der Waals surface area (Å²) in [5.41, 5.74) is 0.0811. The van der Waals surface area contributed by atoms with Gasteiger partial charge in [-0.1, -0.05) is 12.1 Å². The fraction of sp³-hybridized carbons (Fsp3) is 0.133. The Bertz CT molecular complexity index is 878. The topological polar surface area (TPSA) is 72.2 Å². The summed E-state index contributed by atoms with van der Waals surface area (Å²) >= 11 is 0. The van der Waals surface area contributed by atoms with Crippen LogP contribution in [0.15, 0.2) is 30.3 Å². The van der Waals surface area contributed by atoms with Gasteiger partial charge in [0.2, 0.25) is 0 Å². The molecule has 0 saturated heterocycles. The van der Waals surface area contributed by atoms with Gasteiger partial charge in [0.05, 0.1) is 4.92 Å². The van der Waals surface area contributed by atoms with Crippen molar-refractivity contribution in [3.8, 4) is 11.1 Å². The molecule has 0 aromatic heterocycles. The number of carbonyl (C=O) groups excluding carboxylic acids is 1. The molecule has 0 fully saturated rings. The van der Waals surface area contributed by atoms with Crippen molar-refractivity contribution in [3.05, 3.63) is 57.4 Å². The molecule has 0 unspecified atom stereocenters. The molecule has 24 heavy (non-hydrogen) atoms. The fourth-order valence-electron chi connectivity index (χ4n) is 2.68. The number of halogens is 4. The van der Waals surface area contributed by atoms with Crippen molar-refractivity contribution >= 4 is 17.3 Å². The second-order valence-electron chi connectivity index (χ2n) is 5.19. The van der Waals surface area contributed by atoms with Gasteiger partial charge in [-0.05, 0) is 35.2 Å². The summed E-state index contributed by atoms with van der Waals surface area (Å²) in [6, 6.07) is 6.35. The Morgan fingerprint density at radius 3 is 2.54 bits per heavy atom. The molecule has 0 spiro atoms. The van der Waals surface area contributed by atoms with E-state index >= 15 is 0 Å². The Labute approximate surface area is 132 Å². The summed E-state index contributed by atoms with van der Waals surface area (Å²) in [6.45, 7) is 0. The molecule has 2 aromatic carbocycles. The zero-order valence-electron chi connectivity index (χ0n) is 11.8. The number of benzene rings is 2. The molecule has 9 heteroatoms. The van der Waals surface area contributed by atoms with E-state index in [-0.39, 0.29) is 17.5 Å². The highest BCUT2D eigenvalue weighted by atomic mass is 19.4. The molecule has 0 bridgehead atoms. The van der Waals surface area contributed by atoms with Crippen LogP contribution in [0.25, 0.3) is 11.1 Å². The quantitative estimate of drug-likeness (QED) is 0.438. The lowest BCUT2D eigenvalue weighted by Gasteiger charge is -2.10. The number of hydrogen-bond donors (Lipinski definition) is 1. The fourth-order valence-corrected chi connectivity index (χ4v) is 2.68. The second kappa shape index (κ2) is 5.29. The minimum Gasteiger partial charge on any atom is -0.312 e. The van der Waals surface area contributed by atoms with Crippen molar-refractivity contribution in [3.63, 3.8) is 0 Å². The molecule has 5 nitrogen and oxygen atoms in total. The first-order valence-electron chi connectivity index (χ1n) is 6.65. The normalized spacial score (nSPS) is 12.5. The molecule has 0 atom stereocenters. The van der Waals surface area contributed by atoms with Gasteiger partial charge >= 0.3 is 12.1 Å². The summed E-state index contributed by atoms with van der Waals surface area (Å²) in [7, 11) is 0. The Kier molecular flexibility index (Phi) is 3.51. The van der Waals surface area contributed by atoms with Gasteiger partial charge in [-0.2, -0.15) is 13.2 Å². The van der Waals surface area contributed by atoms with Crippen molar-refractivity contribution in [2.45, 2.75) is 12.6 Å². The van der Waals surface area contributed by atoms with Crippen LogP contribution < -0.4 is 5.32 Å². The molecule has 0 radical (unpaired) electrons. The van der Waals surface area contributed by atoms with Gasteiger partial charge < -0.3 is 5.32 Å². The van der Waals surface area contributed by atoms with Gasteiger partial charge in [0.25, 0.3) is 5.69 Å². The zero-order chi connectivity index (χ0) is 17.6. The maximum atomic E-state index is 14.0. The van der Waals surface area contributed by atoms with E-state index in [4.69, 9.17) is 0 Å². The van der Waals surface area contributed by atoms with Crippen LogP contribution >= 0.6 is 0 Å². The Morgan fingerprint density at radius 2 is 1.92 bits per heavy atom. The molecule has 1 aliphatic carbocycles. The number of nitrogens with one attached hydrogen (secondary N) is 1. The first-order chi connectivity index (χ1) is 11.2. The number of anilines is 1. The van der Waals surface area contributed by atoms with E-state index in [0.29, 0.717) is 11.1 Å². The van der Waals surface area contributed by atoms with E-state index in [1.807, 2.05) is 0 Å². The van der Waals surface area contributed by atoms with E-state index in [9.17, 15) is 32.5 Å². The van der Waals surface area contributed by atoms with Crippen LogP contribution in [0.5, 0.6) is 0 Å². The summed E-state index contributed by atoms with van der Waals surface area (Å²) in [6.07, 6.45) is -4.97. The van der Waals surface area contributed by atoms with Crippen LogP contribution in [0.4, 0.5) is 28.9 Å². The highest BCUT2D eigenvalue weighted by Gasteiger charge is 2.40. The van der Waals surface area contributed by atoms with Crippen LogP contribution in [0, 0.1) is 15.9 Å². The number of alkyl halides is 3. The van der Waals surface area contributed by atoms with Crippen molar-refractivity contribution in [1.82, 2.24) is 0 Å². The maximum absolute atomic E-state index is 14.0. The summed E-state index contributed by atoms with van der Waals surface area (Å²) < 4.78 is 51.1. The van der Waals surface area contributed by atoms with Gasteiger partial charge in [-0.3, -0.25) is 14.9 Å². The maximum Gasteiger partial charge on any atom is 0.471 e. The second-order valence-corrected chi connectivity index (χ2v) is 5.19. The predicted octanol–water partition coefficient (Wildman–Crippen LogP) is 3.81. The lowest BCUT2D eigenvalue weighted by molar-refractivity contribution is -0.383. The molecule has 0 aliphatic heterocycles. The number of rotatable bonds is 2. The number of carbonyl (C=O) groups is 1. The third-order valence-electron chi connectivity index (χ3n) is 3.67. The predicted molar refractivity (Wildman–Crippen MR) is 76.0 cm³/mol. The number of fused-ring (bicyclic) bond motifs is 3. The van der Waals surface area contributed by atoms with Crippen LogP contribution in [0.2, 0.25) is 0 Å². The van der Waals surface area contributed by atoms with E-state index in [1.165, 1.54) is 17.4 Å². The molecule has 124 valence electrons. The van der Waals surface area contributed by atoms with Gasteiger partial charge in [0.1, 0.15) is 11.5 Å². The highest BCUT2D eigenvalue weighted by Crippen LogP contribution is 2.43. The number of amides is 1. The molecular weight excluding hydrogens is 332 g/mol. The monoisotopic (exact) mass is 340 g/mol. The number of hydrogen-bond acceptors (Lipinski definition) is 3. The SMILES string of the molecule is O=C(Nc1cc2c(cc1[N+](=O)[O-])-c1c(F)cccc1C2)C(F)(F)F. The zero-order valence-corrected chi connectivity index (χ0v) is 11.8. The van der Waals surface area contributed by atoms with Crippen molar-refractivity contribution < 1.29 is 27.3 Å². The summed E-state index contributed by atoms with van der Waals surface area (Å²) in [5.74, 6) is -2.89. The third-order valence-corrected chi connectivity index (χ3v) is 3.67. The van der Waals surface area contributed by atoms with Gasteiger partial charge in [0.15, 0.2) is 0 Å². The summed E-state index contributed by atoms with van der Waals surface area (Å²) in [4.78, 5) is 21.3. The van der Waals surface area contributed by atoms with Gasteiger partial charge in [-0.15, -0.1) is 0 Å². The Hall–Kier alpha value is -2.97.